The Balaban J connectivity index is 3.12. The van der Waals surface area contributed by atoms with Gasteiger partial charge in [-0.1, -0.05) is 6.07 Å². The normalized spacial score (nSPS) is 16.3. The number of sulfone groups is 1. The second kappa shape index (κ2) is 5.34. The number of nitrogens with two attached hydrogens (primary N) is 1. The van der Waals surface area contributed by atoms with Crippen LogP contribution in [0.5, 0.6) is 0 Å². The Labute approximate surface area is 108 Å². The van der Waals surface area contributed by atoms with Crippen molar-refractivity contribution >= 4 is 9.84 Å². The lowest BCUT2D eigenvalue weighted by Crippen LogP contribution is -2.48. The number of hydrogen-bond donors (Lipinski definition) is 2. The first-order valence-corrected chi connectivity index (χ1v) is 7.58. The van der Waals surface area contributed by atoms with Crippen molar-refractivity contribution < 1.29 is 13.5 Å². The molecule has 2 atom stereocenters. The Morgan fingerprint density at radius 1 is 1.50 bits per heavy atom. The Kier molecular flexibility index (Phi) is 4.47. The van der Waals surface area contributed by atoms with E-state index >= 15 is 0 Å². The Hall–Kier alpha value is -0.980. The molecule has 1 heterocycles. The number of aromatic nitrogens is 1. The average molecular weight is 272 g/mol. The summed E-state index contributed by atoms with van der Waals surface area (Å²) in [7, 11) is -3.39. The number of nitrogens with zero attached hydrogens (tertiary/aromatic N) is 1. The molecule has 5 nitrogen and oxygen atoms in total. The highest BCUT2D eigenvalue weighted by atomic mass is 32.2. The molecule has 102 valence electrons. The van der Waals surface area contributed by atoms with Crippen LogP contribution in [0.2, 0.25) is 0 Å². The molecule has 6 heteroatoms. The summed E-state index contributed by atoms with van der Waals surface area (Å²) >= 11 is 0. The van der Waals surface area contributed by atoms with Gasteiger partial charge < -0.3 is 10.8 Å². The summed E-state index contributed by atoms with van der Waals surface area (Å²) < 4.78 is 22.2. The minimum atomic E-state index is -3.39. The summed E-state index contributed by atoms with van der Waals surface area (Å²) in [6, 6.07) is 3.52. The SMILES string of the molecule is CC(C)(C(O)C(CN)c1cccnc1)S(C)(=O)=O. The van der Waals surface area contributed by atoms with Crippen LogP contribution in [0.1, 0.15) is 25.3 Å². The molecule has 0 bridgehead atoms. The van der Waals surface area contributed by atoms with Crippen LogP contribution in [-0.2, 0) is 9.84 Å². The summed E-state index contributed by atoms with van der Waals surface area (Å²) in [5, 5.41) is 10.3. The summed E-state index contributed by atoms with van der Waals surface area (Å²) in [5.41, 5.74) is 6.40. The van der Waals surface area contributed by atoms with Gasteiger partial charge in [-0.25, -0.2) is 8.42 Å². The Morgan fingerprint density at radius 2 is 2.11 bits per heavy atom. The van der Waals surface area contributed by atoms with E-state index in [4.69, 9.17) is 5.73 Å². The smallest absolute Gasteiger partial charge is 0.155 e. The largest absolute Gasteiger partial charge is 0.391 e. The van der Waals surface area contributed by atoms with E-state index in [9.17, 15) is 13.5 Å². The topological polar surface area (TPSA) is 93.3 Å². The first kappa shape index (κ1) is 15.1. The van der Waals surface area contributed by atoms with Crippen molar-refractivity contribution in [3.05, 3.63) is 30.1 Å². The molecule has 0 saturated heterocycles. The molecule has 0 aliphatic heterocycles. The third kappa shape index (κ3) is 2.88. The Bertz CT molecular complexity index is 485. The van der Waals surface area contributed by atoms with Crippen molar-refractivity contribution in [3.8, 4) is 0 Å². The van der Waals surface area contributed by atoms with Gasteiger partial charge in [-0.15, -0.1) is 0 Å². The van der Waals surface area contributed by atoms with Gasteiger partial charge in [-0.05, 0) is 25.5 Å². The quantitative estimate of drug-likeness (QED) is 0.804. The van der Waals surface area contributed by atoms with Gasteiger partial charge in [-0.2, -0.15) is 0 Å². The maximum absolute atomic E-state index is 11.7. The zero-order valence-electron chi connectivity index (χ0n) is 10.9. The van der Waals surface area contributed by atoms with Gasteiger partial charge in [0.2, 0.25) is 0 Å². The van der Waals surface area contributed by atoms with Crippen LogP contribution >= 0.6 is 0 Å². The maximum Gasteiger partial charge on any atom is 0.155 e. The highest BCUT2D eigenvalue weighted by Gasteiger charge is 2.42. The molecule has 0 aliphatic rings. The van der Waals surface area contributed by atoms with E-state index in [-0.39, 0.29) is 6.54 Å². The van der Waals surface area contributed by atoms with Gasteiger partial charge in [0.15, 0.2) is 9.84 Å². The van der Waals surface area contributed by atoms with Gasteiger partial charge >= 0.3 is 0 Å². The molecule has 0 spiro atoms. The number of rotatable bonds is 5. The molecule has 1 aromatic rings. The Morgan fingerprint density at radius 3 is 2.50 bits per heavy atom. The predicted octanol–water partition coefficient (Wildman–Crippen LogP) is 0.308. The fourth-order valence-electron chi connectivity index (χ4n) is 1.75. The molecule has 1 rings (SSSR count). The van der Waals surface area contributed by atoms with E-state index in [1.165, 1.54) is 13.8 Å². The van der Waals surface area contributed by atoms with Crippen molar-refractivity contribution in [2.24, 2.45) is 5.73 Å². The lowest BCUT2D eigenvalue weighted by atomic mass is 9.87. The second-order valence-corrected chi connectivity index (χ2v) is 7.55. The number of pyridine rings is 1. The van der Waals surface area contributed by atoms with Crippen LogP contribution in [0.3, 0.4) is 0 Å². The van der Waals surface area contributed by atoms with Crippen LogP contribution in [0.4, 0.5) is 0 Å². The molecule has 0 fully saturated rings. The molecule has 0 amide bonds. The zero-order chi connectivity index (χ0) is 14.0. The second-order valence-electron chi connectivity index (χ2n) is 4.95. The standard InChI is InChI=1S/C12H20N2O3S/c1-12(2,18(3,16)17)11(15)10(7-13)9-5-4-6-14-8-9/h4-6,8,10-11,15H,7,13H2,1-3H3. The van der Waals surface area contributed by atoms with E-state index in [2.05, 4.69) is 4.98 Å². The van der Waals surface area contributed by atoms with E-state index in [0.29, 0.717) is 0 Å². The number of hydrogen-bond acceptors (Lipinski definition) is 5. The molecule has 2 unspecified atom stereocenters. The third-order valence-corrected chi connectivity index (χ3v) is 5.57. The molecule has 3 N–H and O–H groups in total. The maximum atomic E-state index is 11.7. The summed E-state index contributed by atoms with van der Waals surface area (Å²) in [4.78, 5) is 3.96. The highest BCUT2D eigenvalue weighted by Crippen LogP contribution is 2.30. The summed E-state index contributed by atoms with van der Waals surface area (Å²) in [6.45, 7) is 3.17. The first-order chi connectivity index (χ1) is 8.21. The predicted molar refractivity (Wildman–Crippen MR) is 71.0 cm³/mol. The molecular weight excluding hydrogens is 252 g/mol. The van der Waals surface area contributed by atoms with E-state index in [1.54, 1.807) is 24.5 Å². The lowest BCUT2D eigenvalue weighted by Gasteiger charge is -2.34. The van der Waals surface area contributed by atoms with Crippen molar-refractivity contribution in [3.63, 3.8) is 0 Å². The number of aliphatic hydroxyl groups is 1. The van der Waals surface area contributed by atoms with Crippen LogP contribution < -0.4 is 5.73 Å². The summed E-state index contributed by atoms with van der Waals surface area (Å²) in [5.74, 6) is -0.455. The molecule has 0 radical (unpaired) electrons. The number of aliphatic hydroxyl groups excluding tert-OH is 1. The minimum absolute atomic E-state index is 0.159. The molecule has 1 aromatic heterocycles. The van der Waals surface area contributed by atoms with Gasteiger partial charge in [0.05, 0.1) is 10.9 Å². The van der Waals surface area contributed by atoms with E-state index < -0.39 is 26.6 Å². The zero-order valence-corrected chi connectivity index (χ0v) is 11.7. The van der Waals surface area contributed by atoms with Crippen LogP contribution in [-0.4, -0.2) is 42.2 Å². The molecule has 0 saturated carbocycles. The molecule has 0 aromatic carbocycles. The van der Waals surface area contributed by atoms with Crippen molar-refractivity contribution in [1.29, 1.82) is 0 Å². The fraction of sp³-hybridized carbons (Fsp3) is 0.583. The minimum Gasteiger partial charge on any atom is -0.391 e. The van der Waals surface area contributed by atoms with Gasteiger partial charge in [0.25, 0.3) is 0 Å². The molecular formula is C12H20N2O3S. The van der Waals surface area contributed by atoms with Crippen LogP contribution in [0.25, 0.3) is 0 Å². The van der Waals surface area contributed by atoms with Gasteiger partial charge in [-0.3, -0.25) is 4.98 Å². The fourth-order valence-corrected chi connectivity index (χ4v) is 2.35. The van der Waals surface area contributed by atoms with Crippen molar-refractivity contribution in [2.45, 2.75) is 30.6 Å². The van der Waals surface area contributed by atoms with Crippen molar-refractivity contribution in [2.75, 3.05) is 12.8 Å². The summed E-state index contributed by atoms with van der Waals surface area (Å²) in [6.07, 6.45) is 3.25. The highest BCUT2D eigenvalue weighted by molar-refractivity contribution is 7.92. The van der Waals surface area contributed by atoms with E-state index in [1.807, 2.05) is 0 Å². The monoisotopic (exact) mass is 272 g/mol. The van der Waals surface area contributed by atoms with E-state index in [0.717, 1.165) is 11.8 Å². The lowest BCUT2D eigenvalue weighted by molar-refractivity contribution is 0.110. The van der Waals surface area contributed by atoms with Crippen molar-refractivity contribution in [1.82, 2.24) is 4.98 Å². The van der Waals surface area contributed by atoms with Gasteiger partial charge in [0, 0.05) is 31.1 Å². The van der Waals surface area contributed by atoms with Crippen LogP contribution in [0.15, 0.2) is 24.5 Å². The molecule has 18 heavy (non-hydrogen) atoms. The average Bonchev–Trinajstić information content (AvgIpc) is 2.29. The first-order valence-electron chi connectivity index (χ1n) is 5.69. The van der Waals surface area contributed by atoms with Gasteiger partial charge in [0.1, 0.15) is 0 Å². The van der Waals surface area contributed by atoms with Crippen LogP contribution in [0, 0.1) is 0 Å². The third-order valence-electron chi connectivity index (χ3n) is 3.42. The molecule has 0 aliphatic carbocycles.